The van der Waals surface area contributed by atoms with Crippen LogP contribution in [-0.2, 0) is 7.05 Å². The van der Waals surface area contributed by atoms with Gasteiger partial charge in [0.1, 0.15) is 0 Å². The van der Waals surface area contributed by atoms with Crippen molar-refractivity contribution in [2.45, 2.75) is 0 Å². The minimum atomic E-state index is -0.0746. The van der Waals surface area contributed by atoms with Crippen molar-refractivity contribution in [3.63, 3.8) is 0 Å². The second-order valence-corrected chi connectivity index (χ2v) is 3.97. The maximum Gasteiger partial charge on any atom is 0.265 e. The summed E-state index contributed by atoms with van der Waals surface area (Å²) in [6.07, 6.45) is 0. The van der Waals surface area contributed by atoms with Gasteiger partial charge in [-0.15, -0.1) is 0 Å². The molecular weight excluding hydrogens is 260 g/mol. The van der Waals surface area contributed by atoms with Gasteiger partial charge >= 0.3 is 0 Å². The van der Waals surface area contributed by atoms with E-state index in [1.165, 1.54) is 0 Å². The lowest BCUT2D eigenvalue weighted by Gasteiger charge is -2.06. The average molecular weight is 269 g/mol. The monoisotopic (exact) mass is 268 g/mol. The number of ether oxygens (including phenoxy) is 1. The van der Waals surface area contributed by atoms with Gasteiger partial charge in [0.15, 0.2) is 0 Å². The molecule has 78 valence electrons. The van der Waals surface area contributed by atoms with Crippen LogP contribution in [0.5, 0.6) is 5.88 Å². The second kappa shape index (κ2) is 3.66. The van der Waals surface area contributed by atoms with E-state index in [0.717, 1.165) is 11.0 Å². The van der Waals surface area contributed by atoms with Gasteiger partial charge in [-0.3, -0.25) is 4.79 Å². The fourth-order valence-corrected chi connectivity index (χ4v) is 1.89. The van der Waals surface area contributed by atoms with Gasteiger partial charge < -0.3 is 9.30 Å². The minimum absolute atomic E-state index is 0.0746. The second-order valence-electron chi connectivity index (χ2n) is 3.11. The van der Waals surface area contributed by atoms with Crippen LogP contribution < -0.4 is 10.3 Å². The molecule has 0 spiro atoms. The zero-order valence-electron chi connectivity index (χ0n) is 8.32. The number of fused-ring (bicyclic) bond motifs is 1. The normalized spacial score (nSPS) is 10.6. The molecular formula is C10H9BrN2O2. The van der Waals surface area contributed by atoms with E-state index in [2.05, 4.69) is 20.9 Å². The summed E-state index contributed by atoms with van der Waals surface area (Å²) >= 11 is 3.20. The van der Waals surface area contributed by atoms with Crippen molar-refractivity contribution in [3.05, 3.63) is 33.0 Å². The fourth-order valence-electron chi connectivity index (χ4n) is 1.40. The Kier molecular flexibility index (Phi) is 2.48. The van der Waals surface area contributed by atoms with E-state index in [1.807, 2.05) is 6.07 Å². The van der Waals surface area contributed by atoms with Gasteiger partial charge in [0.05, 0.1) is 22.6 Å². The van der Waals surface area contributed by atoms with Crippen molar-refractivity contribution < 1.29 is 4.74 Å². The molecule has 0 saturated heterocycles. The van der Waals surface area contributed by atoms with Gasteiger partial charge in [-0.05, 0) is 28.1 Å². The first-order valence-electron chi connectivity index (χ1n) is 4.34. The molecule has 0 aromatic carbocycles. The van der Waals surface area contributed by atoms with Gasteiger partial charge in [0.2, 0.25) is 5.88 Å². The summed E-state index contributed by atoms with van der Waals surface area (Å²) in [4.78, 5) is 15.8. The van der Waals surface area contributed by atoms with Crippen LogP contribution in [0.25, 0.3) is 11.0 Å². The molecule has 0 aliphatic heterocycles. The van der Waals surface area contributed by atoms with Crippen molar-refractivity contribution >= 4 is 27.0 Å². The van der Waals surface area contributed by atoms with E-state index in [1.54, 1.807) is 30.9 Å². The number of rotatable bonds is 1. The Morgan fingerprint density at radius 3 is 2.87 bits per heavy atom. The zero-order valence-corrected chi connectivity index (χ0v) is 9.91. The Bertz CT molecular complexity index is 577. The van der Waals surface area contributed by atoms with Crippen LogP contribution in [0.2, 0.25) is 0 Å². The van der Waals surface area contributed by atoms with E-state index in [-0.39, 0.29) is 5.56 Å². The topological polar surface area (TPSA) is 44.1 Å². The van der Waals surface area contributed by atoms with Gasteiger partial charge in [0.25, 0.3) is 5.56 Å². The fraction of sp³-hybridized carbons (Fsp3) is 0.200. The molecule has 0 fully saturated rings. The summed E-state index contributed by atoms with van der Waals surface area (Å²) in [7, 11) is 3.27. The third kappa shape index (κ3) is 1.63. The Hall–Kier alpha value is -1.36. The van der Waals surface area contributed by atoms with Crippen molar-refractivity contribution in [3.8, 4) is 5.88 Å². The predicted molar refractivity (Wildman–Crippen MR) is 61.2 cm³/mol. The molecule has 0 unspecified atom stereocenters. The lowest BCUT2D eigenvalue weighted by atomic mass is 10.3. The standard InChI is InChI=1S/C10H9BrN2O2/c1-13-8-3-4-9(15-2)12-7(8)5-6(11)10(13)14/h3-5H,1-2H3. The number of aryl methyl sites for hydroxylation is 1. The summed E-state index contributed by atoms with van der Waals surface area (Å²) < 4.78 is 7.06. The molecule has 0 N–H and O–H groups in total. The Morgan fingerprint density at radius 2 is 2.20 bits per heavy atom. The largest absolute Gasteiger partial charge is 0.481 e. The molecule has 0 radical (unpaired) electrons. The van der Waals surface area contributed by atoms with Gasteiger partial charge in [0, 0.05) is 13.1 Å². The van der Waals surface area contributed by atoms with E-state index < -0.39 is 0 Å². The molecule has 0 bridgehead atoms. The lowest BCUT2D eigenvalue weighted by Crippen LogP contribution is -2.17. The van der Waals surface area contributed by atoms with Gasteiger partial charge in [-0.25, -0.2) is 4.98 Å². The van der Waals surface area contributed by atoms with Crippen molar-refractivity contribution in [2.75, 3.05) is 7.11 Å². The smallest absolute Gasteiger partial charge is 0.265 e. The summed E-state index contributed by atoms with van der Waals surface area (Å²) in [6.45, 7) is 0. The molecule has 0 aliphatic rings. The number of hydrogen-bond donors (Lipinski definition) is 0. The molecule has 15 heavy (non-hydrogen) atoms. The molecule has 2 heterocycles. The third-order valence-corrected chi connectivity index (χ3v) is 2.79. The highest BCUT2D eigenvalue weighted by molar-refractivity contribution is 9.10. The van der Waals surface area contributed by atoms with Crippen LogP contribution in [-0.4, -0.2) is 16.7 Å². The van der Waals surface area contributed by atoms with Crippen LogP contribution in [0, 0.1) is 0 Å². The molecule has 0 atom stereocenters. The van der Waals surface area contributed by atoms with E-state index in [9.17, 15) is 4.79 Å². The van der Waals surface area contributed by atoms with Crippen LogP contribution in [0.4, 0.5) is 0 Å². The van der Waals surface area contributed by atoms with Crippen LogP contribution >= 0.6 is 15.9 Å². The molecule has 0 aliphatic carbocycles. The van der Waals surface area contributed by atoms with E-state index >= 15 is 0 Å². The van der Waals surface area contributed by atoms with Crippen molar-refractivity contribution in [1.82, 2.24) is 9.55 Å². The Morgan fingerprint density at radius 1 is 1.47 bits per heavy atom. The summed E-state index contributed by atoms with van der Waals surface area (Å²) in [5.41, 5.74) is 1.43. The first kappa shape index (κ1) is 10.2. The maximum absolute atomic E-state index is 11.6. The first-order chi connectivity index (χ1) is 7.13. The molecule has 4 nitrogen and oxygen atoms in total. The number of nitrogens with zero attached hydrogens (tertiary/aromatic N) is 2. The predicted octanol–water partition coefficient (Wildman–Crippen LogP) is 1.70. The highest BCUT2D eigenvalue weighted by Gasteiger charge is 2.06. The highest BCUT2D eigenvalue weighted by Crippen LogP contribution is 2.17. The number of halogens is 1. The van der Waals surface area contributed by atoms with Gasteiger partial charge in [-0.2, -0.15) is 0 Å². The van der Waals surface area contributed by atoms with E-state index in [4.69, 9.17) is 4.74 Å². The Balaban J connectivity index is 2.86. The SMILES string of the molecule is COc1ccc2c(cc(Br)c(=O)n2C)n1. The van der Waals surface area contributed by atoms with Gasteiger partial charge in [-0.1, -0.05) is 0 Å². The first-order valence-corrected chi connectivity index (χ1v) is 5.13. The van der Waals surface area contributed by atoms with Crippen molar-refractivity contribution in [1.29, 1.82) is 0 Å². The number of hydrogen-bond acceptors (Lipinski definition) is 3. The van der Waals surface area contributed by atoms with E-state index in [0.29, 0.717) is 10.4 Å². The molecule has 0 amide bonds. The maximum atomic E-state index is 11.6. The third-order valence-electron chi connectivity index (χ3n) is 2.22. The summed E-state index contributed by atoms with van der Waals surface area (Å²) in [6, 6.07) is 5.24. The van der Waals surface area contributed by atoms with Crippen LogP contribution in [0.15, 0.2) is 27.5 Å². The number of pyridine rings is 2. The molecule has 2 aromatic rings. The quantitative estimate of drug-likeness (QED) is 0.791. The minimum Gasteiger partial charge on any atom is -0.481 e. The van der Waals surface area contributed by atoms with Crippen LogP contribution in [0.3, 0.4) is 0 Å². The molecule has 0 saturated carbocycles. The summed E-state index contributed by atoms with van der Waals surface area (Å²) in [5, 5.41) is 0. The molecule has 2 rings (SSSR count). The number of aromatic nitrogens is 2. The molecule has 2 aromatic heterocycles. The number of methoxy groups -OCH3 is 1. The lowest BCUT2D eigenvalue weighted by molar-refractivity contribution is 0.399. The van der Waals surface area contributed by atoms with Crippen LogP contribution in [0.1, 0.15) is 0 Å². The zero-order chi connectivity index (χ0) is 11.0. The van der Waals surface area contributed by atoms with Crippen molar-refractivity contribution in [2.24, 2.45) is 7.05 Å². The summed E-state index contributed by atoms with van der Waals surface area (Å²) in [5.74, 6) is 0.535. The molecule has 5 heteroatoms. The highest BCUT2D eigenvalue weighted by atomic mass is 79.9. The Labute approximate surface area is 94.6 Å². The average Bonchev–Trinajstić information content (AvgIpc) is 2.25.